The van der Waals surface area contributed by atoms with Crippen LogP contribution >= 0.6 is 12.2 Å². The van der Waals surface area contributed by atoms with Crippen LogP contribution < -0.4 is 10.5 Å². The van der Waals surface area contributed by atoms with Gasteiger partial charge in [-0.25, -0.2) is 8.42 Å². The van der Waals surface area contributed by atoms with Crippen molar-refractivity contribution in [2.75, 3.05) is 0 Å². The van der Waals surface area contributed by atoms with E-state index in [1.165, 1.54) is 0 Å². The van der Waals surface area contributed by atoms with Gasteiger partial charge in [-0.1, -0.05) is 30.4 Å². The van der Waals surface area contributed by atoms with Crippen LogP contribution in [0, 0.1) is 6.92 Å². The monoisotopic (exact) mass is 272 g/mol. The summed E-state index contributed by atoms with van der Waals surface area (Å²) < 4.78 is 26.8. The zero-order valence-electron chi connectivity index (χ0n) is 10.0. The van der Waals surface area contributed by atoms with Gasteiger partial charge in [-0.2, -0.15) is 4.72 Å². The normalized spacial score (nSPS) is 12.4. The van der Waals surface area contributed by atoms with Crippen LogP contribution in [0.3, 0.4) is 0 Å². The van der Waals surface area contributed by atoms with Crippen molar-refractivity contribution in [1.29, 1.82) is 0 Å². The number of nitrogens with one attached hydrogen (secondary N) is 1. The summed E-state index contributed by atoms with van der Waals surface area (Å²) in [6, 6.07) is 6.75. The Labute approximate surface area is 107 Å². The molecule has 0 aromatic heterocycles. The molecule has 0 bridgehead atoms. The molecule has 6 heteroatoms. The van der Waals surface area contributed by atoms with Gasteiger partial charge >= 0.3 is 0 Å². The van der Waals surface area contributed by atoms with Crippen LogP contribution in [0.5, 0.6) is 0 Å². The molecular weight excluding hydrogens is 256 g/mol. The van der Waals surface area contributed by atoms with E-state index in [4.69, 9.17) is 18.0 Å². The second kappa shape index (κ2) is 4.72. The first-order chi connectivity index (χ1) is 7.67. The molecule has 1 rings (SSSR count). The highest BCUT2D eigenvalue weighted by molar-refractivity contribution is 7.89. The third-order valence-corrected chi connectivity index (χ3v) is 4.72. The van der Waals surface area contributed by atoms with E-state index in [1.807, 2.05) is 0 Å². The van der Waals surface area contributed by atoms with Gasteiger partial charge in [0.2, 0.25) is 10.0 Å². The maximum atomic E-state index is 12.1. The molecule has 0 atom stereocenters. The van der Waals surface area contributed by atoms with Crippen LogP contribution in [0.4, 0.5) is 0 Å². The maximum absolute atomic E-state index is 12.1. The first-order valence-corrected chi connectivity index (χ1v) is 6.95. The van der Waals surface area contributed by atoms with E-state index in [0.29, 0.717) is 5.56 Å². The third-order valence-electron chi connectivity index (χ3n) is 2.39. The second-order valence-electron chi connectivity index (χ2n) is 4.36. The van der Waals surface area contributed by atoms with Gasteiger partial charge in [-0.3, -0.25) is 0 Å². The standard InChI is InChI=1S/C11H16N2O2S2/c1-8-6-4-5-7-9(8)17(14,15)13-11(2,3)10(12)16/h4-7,13H,1-3H3,(H2,12,16). The Kier molecular flexibility index (Phi) is 3.91. The second-order valence-corrected chi connectivity index (χ2v) is 6.45. The first-order valence-electron chi connectivity index (χ1n) is 5.06. The Bertz CT molecular complexity index is 536. The van der Waals surface area contributed by atoms with Crippen molar-refractivity contribution in [2.24, 2.45) is 5.73 Å². The van der Waals surface area contributed by atoms with Crippen molar-refractivity contribution < 1.29 is 8.42 Å². The molecule has 0 spiro atoms. The summed E-state index contributed by atoms with van der Waals surface area (Å²) in [7, 11) is -3.61. The number of aryl methyl sites for hydroxylation is 1. The molecule has 17 heavy (non-hydrogen) atoms. The molecule has 1 aromatic rings. The predicted molar refractivity (Wildman–Crippen MR) is 72.4 cm³/mol. The molecule has 0 amide bonds. The van der Waals surface area contributed by atoms with E-state index in [0.717, 1.165) is 0 Å². The fourth-order valence-corrected chi connectivity index (χ4v) is 3.06. The van der Waals surface area contributed by atoms with E-state index in [9.17, 15) is 8.42 Å². The topological polar surface area (TPSA) is 72.2 Å². The fourth-order valence-electron chi connectivity index (χ4n) is 1.30. The molecule has 0 radical (unpaired) electrons. The number of thiocarbonyl (C=S) groups is 1. The minimum absolute atomic E-state index is 0.106. The number of rotatable bonds is 4. The molecule has 0 aliphatic carbocycles. The minimum atomic E-state index is -3.61. The Morgan fingerprint density at radius 3 is 2.35 bits per heavy atom. The van der Waals surface area contributed by atoms with Crippen molar-refractivity contribution in [2.45, 2.75) is 31.2 Å². The van der Waals surface area contributed by atoms with Crippen molar-refractivity contribution >= 4 is 27.2 Å². The van der Waals surface area contributed by atoms with Gasteiger partial charge in [0.15, 0.2) is 0 Å². The van der Waals surface area contributed by atoms with Crippen molar-refractivity contribution in [3.8, 4) is 0 Å². The van der Waals surface area contributed by atoms with E-state index >= 15 is 0 Å². The summed E-state index contributed by atoms with van der Waals surface area (Å²) in [5.74, 6) is 0. The van der Waals surface area contributed by atoms with E-state index in [1.54, 1.807) is 45.0 Å². The molecule has 94 valence electrons. The lowest BCUT2D eigenvalue weighted by molar-refractivity contribution is 0.545. The SMILES string of the molecule is Cc1ccccc1S(=O)(=O)NC(C)(C)C(N)=S. The number of benzene rings is 1. The van der Waals surface area contributed by atoms with E-state index in [2.05, 4.69) is 4.72 Å². The Hall–Kier alpha value is -0.980. The van der Waals surface area contributed by atoms with Crippen LogP contribution in [0.2, 0.25) is 0 Å². The molecular formula is C11H16N2O2S2. The first kappa shape index (κ1) is 14.1. The summed E-state index contributed by atoms with van der Waals surface area (Å²) >= 11 is 4.83. The van der Waals surface area contributed by atoms with E-state index < -0.39 is 15.6 Å². The Balaban J connectivity index is 3.15. The summed E-state index contributed by atoms with van der Waals surface area (Å²) in [5, 5.41) is 0. The van der Waals surface area contributed by atoms with Crippen molar-refractivity contribution in [3.63, 3.8) is 0 Å². The minimum Gasteiger partial charge on any atom is -0.392 e. The van der Waals surface area contributed by atoms with Crippen molar-refractivity contribution in [3.05, 3.63) is 29.8 Å². The quantitative estimate of drug-likeness (QED) is 0.811. The Morgan fingerprint density at radius 2 is 1.88 bits per heavy atom. The molecule has 0 saturated heterocycles. The summed E-state index contributed by atoms with van der Waals surface area (Å²) in [6.45, 7) is 5.00. The largest absolute Gasteiger partial charge is 0.392 e. The van der Waals surface area contributed by atoms with Gasteiger partial charge in [0.05, 0.1) is 15.4 Å². The van der Waals surface area contributed by atoms with Gasteiger partial charge < -0.3 is 5.73 Å². The van der Waals surface area contributed by atoms with Gasteiger partial charge in [0.25, 0.3) is 0 Å². The van der Waals surface area contributed by atoms with Crippen molar-refractivity contribution in [1.82, 2.24) is 4.72 Å². The summed E-state index contributed by atoms with van der Waals surface area (Å²) in [6.07, 6.45) is 0. The number of hydrogen-bond acceptors (Lipinski definition) is 3. The van der Waals surface area contributed by atoms with Gasteiger partial charge in [0, 0.05) is 0 Å². The van der Waals surface area contributed by atoms with Crippen LogP contribution in [0.15, 0.2) is 29.2 Å². The summed E-state index contributed by atoms with van der Waals surface area (Å²) in [5.41, 5.74) is 5.23. The fraction of sp³-hybridized carbons (Fsp3) is 0.364. The zero-order valence-corrected chi connectivity index (χ0v) is 11.7. The smallest absolute Gasteiger partial charge is 0.241 e. The Morgan fingerprint density at radius 1 is 1.35 bits per heavy atom. The number of nitrogens with two attached hydrogens (primary N) is 1. The van der Waals surface area contributed by atoms with Gasteiger partial charge in [-0.15, -0.1) is 0 Å². The highest BCUT2D eigenvalue weighted by atomic mass is 32.2. The molecule has 0 saturated carbocycles. The average molecular weight is 272 g/mol. The lowest BCUT2D eigenvalue weighted by Gasteiger charge is -2.24. The zero-order chi connectivity index (χ0) is 13.3. The van der Waals surface area contributed by atoms with Crippen LogP contribution in [0.25, 0.3) is 0 Å². The molecule has 0 aliphatic rings. The molecule has 3 N–H and O–H groups in total. The van der Waals surface area contributed by atoms with Gasteiger partial charge in [-0.05, 0) is 32.4 Å². The maximum Gasteiger partial charge on any atom is 0.241 e. The highest BCUT2D eigenvalue weighted by Gasteiger charge is 2.29. The molecule has 0 aliphatic heterocycles. The molecule has 0 heterocycles. The molecule has 4 nitrogen and oxygen atoms in total. The molecule has 0 fully saturated rings. The number of hydrogen-bond donors (Lipinski definition) is 2. The van der Waals surface area contributed by atoms with E-state index in [-0.39, 0.29) is 9.88 Å². The third kappa shape index (κ3) is 3.24. The highest BCUT2D eigenvalue weighted by Crippen LogP contribution is 2.16. The molecule has 0 unspecified atom stereocenters. The lowest BCUT2D eigenvalue weighted by Crippen LogP contribution is -2.52. The van der Waals surface area contributed by atoms with Gasteiger partial charge in [0.1, 0.15) is 0 Å². The number of sulfonamides is 1. The van der Waals surface area contributed by atoms with Crippen LogP contribution in [0.1, 0.15) is 19.4 Å². The molecule has 1 aromatic carbocycles. The average Bonchev–Trinajstić information content (AvgIpc) is 2.16. The summed E-state index contributed by atoms with van der Waals surface area (Å²) in [4.78, 5) is 0.346. The lowest BCUT2D eigenvalue weighted by atomic mass is 10.1. The van der Waals surface area contributed by atoms with Crippen LogP contribution in [-0.2, 0) is 10.0 Å². The predicted octanol–water partition coefficient (Wildman–Crippen LogP) is 1.34. The van der Waals surface area contributed by atoms with Crippen LogP contribution in [-0.4, -0.2) is 18.9 Å².